The minimum atomic E-state index is -0.627. The molecule has 0 bridgehead atoms. The Kier molecular flexibility index (Phi) is 4.93. The lowest BCUT2D eigenvalue weighted by Gasteiger charge is -2.23. The number of alkyl halides is 1. The molecule has 0 saturated carbocycles. The maximum atomic E-state index is 12.2. The van der Waals surface area contributed by atoms with Crippen molar-refractivity contribution in [3.05, 3.63) is 38.9 Å². The zero-order valence-electron chi connectivity index (χ0n) is 9.89. The fourth-order valence-electron chi connectivity index (χ4n) is 1.36. The van der Waals surface area contributed by atoms with Crippen molar-refractivity contribution in [3.8, 4) is 0 Å². The number of nitro benzene ring substituents is 1. The van der Waals surface area contributed by atoms with Gasteiger partial charge in [-0.1, -0.05) is 17.7 Å². The van der Waals surface area contributed by atoms with Crippen LogP contribution in [-0.4, -0.2) is 34.7 Å². The van der Waals surface area contributed by atoms with Crippen LogP contribution in [0.2, 0.25) is 5.02 Å². The van der Waals surface area contributed by atoms with Gasteiger partial charge < -0.3 is 4.90 Å². The highest BCUT2D eigenvalue weighted by Crippen LogP contribution is 2.27. The molecule has 18 heavy (non-hydrogen) atoms. The van der Waals surface area contributed by atoms with Gasteiger partial charge in [-0.15, -0.1) is 11.6 Å². The van der Waals surface area contributed by atoms with Crippen molar-refractivity contribution < 1.29 is 9.72 Å². The van der Waals surface area contributed by atoms with E-state index < -0.39 is 10.8 Å². The van der Waals surface area contributed by atoms with Gasteiger partial charge in [-0.2, -0.15) is 0 Å². The molecule has 0 aliphatic rings. The number of rotatable bonds is 4. The van der Waals surface area contributed by atoms with E-state index in [1.54, 1.807) is 6.92 Å². The van der Waals surface area contributed by atoms with E-state index in [1.165, 1.54) is 30.1 Å². The summed E-state index contributed by atoms with van der Waals surface area (Å²) in [6, 6.07) is 3.89. The highest BCUT2D eigenvalue weighted by atomic mass is 35.5. The molecule has 1 amide bonds. The van der Waals surface area contributed by atoms with Crippen LogP contribution in [0.5, 0.6) is 0 Å². The van der Waals surface area contributed by atoms with Crippen LogP contribution in [0.1, 0.15) is 17.3 Å². The van der Waals surface area contributed by atoms with Gasteiger partial charge in [-0.25, -0.2) is 0 Å². The Hall–Kier alpha value is -1.33. The van der Waals surface area contributed by atoms with Gasteiger partial charge in [0.15, 0.2) is 0 Å². The normalized spacial score (nSPS) is 12.0. The first-order chi connectivity index (χ1) is 8.40. The SMILES string of the molecule is CC(CCl)N(C)C(=O)c1c(Cl)cccc1[N+](=O)[O-]. The second-order valence-corrected chi connectivity index (χ2v) is 4.53. The third-order valence-corrected chi connectivity index (χ3v) is 3.37. The summed E-state index contributed by atoms with van der Waals surface area (Å²) >= 11 is 11.5. The lowest BCUT2D eigenvalue weighted by Crippen LogP contribution is -2.36. The Labute approximate surface area is 114 Å². The number of carbonyl (C=O) groups excluding carboxylic acids is 1. The number of halogens is 2. The third-order valence-electron chi connectivity index (χ3n) is 2.61. The molecule has 0 fully saturated rings. The molecule has 1 rings (SSSR count). The highest BCUT2D eigenvalue weighted by molar-refractivity contribution is 6.34. The fourth-order valence-corrected chi connectivity index (χ4v) is 1.81. The summed E-state index contributed by atoms with van der Waals surface area (Å²) < 4.78 is 0. The van der Waals surface area contributed by atoms with Crippen molar-refractivity contribution in [2.24, 2.45) is 0 Å². The zero-order valence-corrected chi connectivity index (χ0v) is 11.4. The highest BCUT2D eigenvalue weighted by Gasteiger charge is 2.27. The van der Waals surface area contributed by atoms with Crippen molar-refractivity contribution in [1.82, 2.24) is 4.90 Å². The van der Waals surface area contributed by atoms with E-state index >= 15 is 0 Å². The summed E-state index contributed by atoms with van der Waals surface area (Å²) in [4.78, 5) is 23.8. The first-order valence-corrected chi connectivity index (χ1v) is 6.07. The third kappa shape index (κ3) is 2.91. The van der Waals surface area contributed by atoms with E-state index in [9.17, 15) is 14.9 Å². The van der Waals surface area contributed by atoms with Crippen molar-refractivity contribution in [2.45, 2.75) is 13.0 Å². The van der Waals surface area contributed by atoms with Crippen LogP contribution in [0, 0.1) is 10.1 Å². The van der Waals surface area contributed by atoms with Crippen molar-refractivity contribution in [1.29, 1.82) is 0 Å². The summed E-state index contributed by atoms with van der Waals surface area (Å²) in [6.07, 6.45) is 0. The van der Waals surface area contributed by atoms with Crippen molar-refractivity contribution in [2.75, 3.05) is 12.9 Å². The molecule has 1 aromatic rings. The van der Waals surface area contributed by atoms with Crippen molar-refractivity contribution >= 4 is 34.8 Å². The fraction of sp³-hybridized carbons (Fsp3) is 0.364. The summed E-state index contributed by atoms with van der Waals surface area (Å²) in [5, 5.41) is 10.9. The zero-order chi connectivity index (χ0) is 13.9. The van der Waals surface area contributed by atoms with E-state index in [2.05, 4.69) is 0 Å². The number of amides is 1. The van der Waals surface area contributed by atoms with Gasteiger partial charge in [-0.05, 0) is 13.0 Å². The van der Waals surface area contributed by atoms with Gasteiger partial charge >= 0.3 is 0 Å². The molecule has 0 aliphatic carbocycles. The molecular formula is C11H12Cl2N2O3. The molecule has 0 radical (unpaired) electrons. The molecule has 1 unspecified atom stereocenters. The molecule has 0 spiro atoms. The van der Waals surface area contributed by atoms with Gasteiger partial charge in [0.05, 0.1) is 9.95 Å². The molecule has 0 saturated heterocycles. The first kappa shape index (κ1) is 14.7. The Balaban J connectivity index is 3.24. The van der Waals surface area contributed by atoms with Gasteiger partial charge in [0, 0.05) is 25.0 Å². The predicted molar refractivity (Wildman–Crippen MR) is 70.4 cm³/mol. The second-order valence-electron chi connectivity index (χ2n) is 3.81. The number of nitrogens with zero attached hydrogens (tertiary/aromatic N) is 2. The Morgan fingerprint density at radius 3 is 2.67 bits per heavy atom. The molecule has 0 heterocycles. The van der Waals surface area contributed by atoms with Crippen LogP contribution in [-0.2, 0) is 0 Å². The maximum absolute atomic E-state index is 12.2. The molecule has 0 aliphatic heterocycles. The number of benzene rings is 1. The number of nitro groups is 1. The smallest absolute Gasteiger partial charge is 0.283 e. The first-order valence-electron chi connectivity index (χ1n) is 5.16. The summed E-state index contributed by atoms with van der Waals surface area (Å²) in [6.45, 7) is 1.74. The topological polar surface area (TPSA) is 63.5 Å². The second kappa shape index (κ2) is 6.02. The molecule has 98 valence electrons. The average molecular weight is 291 g/mol. The minimum absolute atomic E-state index is 0.0582. The van der Waals surface area contributed by atoms with E-state index in [0.29, 0.717) is 0 Å². The molecule has 5 nitrogen and oxygen atoms in total. The molecular weight excluding hydrogens is 279 g/mol. The van der Waals surface area contributed by atoms with Gasteiger partial charge in [0.2, 0.25) is 0 Å². The number of hydrogen-bond donors (Lipinski definition) is 0. The number of carbonyl (C=O) groups is 1. The maximum Gasteiger partial charge on any atom is 0.283 e. The van der Waals surface area contributed by atoms with Crippen LogP contribution in [0.4, 0.5) is 5.69 Å². The Morgan fingerprint density at radius 2 is 2.17 bits per heavy atom. The lowest BCUT2D eigenvalue weighted by atomic mass is 10.1. The quantitative estimate of drug-likeness (QED) is 0.486. The molecule has 0 N–H and O–H groups in total. The van der Waals surface area contributed by atoms with E-state index in [4.69, 9.17) is 23.2 Å². The molecule has 7 heteroatoms. The van der Waals surface area contributed by atoms with E-state index in [0.717, 1.165) is 0 Å². The van der Waals surface area contributed by atoms with Crippen LogP contribution >= 0.6 is 23.2 Å². The number of hydrogen-bond acceptors (Lipinski definition) is 3. The molecule has 0 aromatic heterocycles. The van der Waals surface area contributed by atoms with Crippen molar-refractivity contribution in [3.63, 3.8) is 0 Å². The van der Waals surface area contributed by atoms with E-state index in [1.807, 2.05) is 0 Å². The monoisotopic (exact) mass is 290 g/mol. The van der Waals surface area contributed by atoms with E-state index in [-0.39, 0.29) is 28.2 Å². The summed E-state index contributed by atoms with van der Waals surface area (Å²) in [7, 11) is 1.53. The molecule has 1 aromatic carbocycles. The van der Waals surface area contributed by atoms with Crippen LogP contribution in [0.15, 0.2) is 18.2 Å². The Morgan fingerprint density at radius 1 is 1.56 bits per heavy atom. The largest absolute Gasteiger partial charge is 0.338 e. The Bertz CT molecular complexity index is 479. The standard InChI is InChI=1S/C11H12Cl2N2O3/c1-7(6-12)14(2)11(16)10-8(13)4-3-5-9(10)15(17)18/h3-5,7H,6H2,1-2H3. The van der Waals surface area contributed by atoms with Crippen LogP contribution in [0.3, 0.4) is 0 Å². The molecule has 1 atom stereocenters. The van der Waals surface area contributed by atoms with Gasteiger partial charge in [-0.3, -0.25) is 14.9 Å². The minimum Gasteiger partial charge on any atom is -0.338 e. The summed E-state index contributed by atoms with van der Waals surface area (Å²) in [5.74, 6) is -0.277. The van der Waals surface area contributed by atoms with Gasteiger partial charge in [0.1, 0.15) is 5.56 Å². The van der Waals surface area contributed by atoms with Crippen LogP contribution < -0.4 is 0 Å². The average Bonchev–Trinajstić information content (AvgIpc) is 2.35. The predicted octanol–water partition coefficient (Wildman–Crippen LogP) is 2.95. The summed E-state index contributed by atoms with van der Waals surface area (Å²) in [5.41, 5.74) is -0.412. The lowest BCUT2D eigenvalue weighted by molar-refractivity contribution is -0.385. The van der Waals surface area contributed by atoms with Crippen LogP contribution in [0.25, 0.3) is 0 Å². The van der Waals surface area contributed by atoms with Gasteiger partial charge in [0.25, 0.3) is 11.6 Å².